The SMILES string of the molecule is C[C@H]1O[C@@H](n2cc(F)c(=O)[nH]c2=O)[C@H](O)[C@@H]1O.NCC(=O)O. The van der Waals surface area contributed by atoms with Gasteiger partial charge in [-0.1, -0.05) is 0 Å². The number of aliphatic hydroxyl groups is 2. The molecule has 2 heterocycles. The number of carbonyl (C=O) groups is 1. The van der Waals surface area contributed by atoms with Gasteiger partial charge in [-0.2, -0.15) is 4.39 Å². The predicted octanol–water partition coefficient (Wildman–Crippen LogP) is -2.66. The first kappa shape index (κ1) is 18.0. The van der Waals surface area contributed by atoms with Crippen molar-refractivity contribution >= 4 is 5.97 Å². The standard InChI is InChI=1S/C9H11FN2O5.C2H5NO2/c1-3-5(13)6(14)8(17-3)12-2-4(10)7(15)11-9(12)16;3-1-2(4)5/h2-3,5-6,8,13-14H,1H3,(H,11,15,16);1,3H2,(H,4,5)/t3-,5-,6-,8-;/m1./s1. The Morgan fingerprint density at radius 3 is 2.41 bits per heavy atom. The summed E-state index contributed by atoms with van der Waals surface area (Å²) < 4.78 is 18.9. The molecular formula is C11H16FN3O7. The van der Waals surface area contributed by atoms with Gasteiger partial charge in [0.1, 0.15) is 12.2 Å². The van der Waals surface area contributed by atoms with E-state index in [9.17, 15) is 29.0 Å². The molecule has 0 bridgehead atoms. The molecule has 0 aliphatic carbocycles. The van der Waals surface area contributed by atoms with Crippen molar-refractivity contribution in [2.45, 2.75) is 31.5 Å². The molecule has 1 aromatic rings. The van der Waals surface area contributed by atoms with Crippen LogP contribution >= 0.6 is 0 Å². The van der Waals surface area contributed by atoms with E-state index in [0.29, 0.717) is 10.8 Å². The van der Waals surface area contributed by atoms with Crippen molar-refractivity contribution in [1.82, 2.24) is 9.55 Å². The Morgan fingerprint density at radius 2 is 2.00 bits per heavy atom. The van der Waals surface area contributed by atoms with Gasteiger partial charge in [0, 0.05) is 0 Å². The maximum Gasteiger partial charge on any atom is 0.330 e. The molecule has 124 valence electrons. The molecule has 1 aliphatic heterocycles. The monoisotopic (exact) mass is 321 g/mol. The lowest BCUT2D eigenvalue weighted by atomic mass is 10.1. The van der Waals surface area contributed by atoms with Crippen molar-refractivity contribution in [2.24, 2.45) is 5.73 Å². The number of carboxylic acids is 1. The summed E-state index contributed by atoms with van der Waals surface area (Å²) in [6.07, 6.45) is -3.83. The van der Waals surface area contributed by atoms with Gasteiger partial charge in [-0.15, -0.1) is 0 Å². The van der Waals surface area contributed by atoms with Crippen molar-refractivity contribution < 1.29 is 29.2 Å². The maximum atomic E-state index is 13.0. The molecule has 4 atom stereocenters. The van der Waals surface area contributed by atoms with E-state index >= 15 is 0 Å². The van der Waals surface area contributed by atoms with Crippen molar-refractivity contribution in [3.8, 4) is 0 Å². The van der Waals surface area contributed by atoms with E-state index in [-0.39, 0.29) is 6.54 Å². The Kier molecular flexibility index (Phi) is 5.93. The number of nitrogens with one attached hydrogen (secondary N) is 1. The van der Waals surface area contributed by atoms with Crippen LogP contribution in [0.4, 0.5) is 4.39 Å². The summed E-state index contributed by atoms with van der Waals surface area (Å²) in [6, 6.07) is 0. The molecule has 0 saturated carbocycles. The van der Waals surface area contributed by atoms with E-state index in [1.807, 2.05) is 0 Å². The van der Waals surface area contributed by atoms with Crippen LogP contribution in [0.5, 0.6) is 0 Å². The zero-order valence-electron chi connectivity index (χ0n) is 11.5. The Labute approximate surface area is 122 Å². The number of nitrogens with two attached hydrogens (primary N) is 1. The number of halogens is 1. The quantitative estimate of drug-likeness (QED) is 0.393. The number of aliphatic carboxylic acids is 1. The summed E-state index contributed by atoms with van der Waals surface area (Å²) in [6.45, 7) is 1.22. The Balaban J connectivity index is 0.000000422. The second-order valence-corrected chi connectivity index (χ2v) is 4.45. The van der Waals surface area contributed by atoms with Crippen LogP contribution in [-0.2, 0) is 9.53 Å². The normalized spacial score (nSPS) is 27.1. The largest absolute Gasteiger partial charge is 0.480 e. The minimum Gasteiger partial charge on any atom is -0.480 e. The molecule has 0 spiro atoms. The zero-order chi connectivity index (χ0) is 17.0. The molecule has 0 amide bonds. The number of rotatable bonds is 2. The minimum atomic E-state index is -1.37. The highest BCUT2D eigenvalue weighted by molar-refractivity contribution is 5.68. The highest BCUT2D eigenvalue weighted by Crippen LogP contribution is 2.27. The average Bonchev–Trinajstić information content (AvgIpc) is 2.71. The molecule has 1 aromatic heterocycles. The molecule has 22 heavy (non-hydrogen) atoms. The van der Waals surface area contributed by atoms with Crippen molar-refractivity contribution in [3.63, 3.8) is 0 Å². The van der Waals surface area contributed by atoms with Crippen LogP contribution in [0.2, 0.25) is 0 Å². The van der Waals surface area contributed by atoms with Crippen molar-refractivity contribution in [3.05, 3.63) is 32.9 Å². The van der Waals surface area contributed by atoms with Gasteiger partial charge in [-0.25, -0.2) is 4.79 Å². The Bertz CT molecular complexity index is 643. The molecule has 11 heteroatoms. The van der Waals surface area contributed by atoms with E-state index in [0.717, 1.165) is 0 Å². The summed E-state index contributed by atoms with van der Waals surface area (Å²) in [5.74, 6) is -2.14. The van der Waals surface area contributed by atoms with Gasteiger partial charge in [0.15, 0.2) is 6.23 Å². The van der Waals surface area contributed by atoms with E-state index in [2.05, 4.69) is 5.73 Å². The fourth-order valence-corrected chi connectivity index (χ4v) is 1.71. The first-order valence-corrected chi connectivity index (χ1v) is 6.13. The third-order valence-corrected chi connectivity index (χ3v) is 2.85. The van der Waals surface area contributed by atoms with Crippen LogP contribution in [0.25, 0.3) is 0 Å². The molecule has 0 aromatic carbocycles. The van der Waals surface area contributed by atoms with E-state index in [1.165, 1.54) is 6.92 Å². The maximum absolute atomic E-state index is 13.0. The van der Waals surface area contributed by atoms with Crippen LogP contribution in [0.1, 0.15) is 13.2 Å². The lowest BCUT2D eigenvalue weighted by Gasteiger charge is -2.16. The smallest absolute Gasteiger partial charge is 0.330 e. The van der Waals surface area contributed by atoms with Gasteiger partial charge in [0.2, 0.25) is 5.82 Å². The number of ether oxygens (including phenoxy) is 1. The average molecular weight is 321 g/mol. The lowest BCUT2D eigenvalue weighted by molar-refractivity contribution is -0.135. The molecule has 10 nitrogen and oxygen atoms in total. The van der Waals surface area contributed by atoms with Gasteiger partial charge in [-0.05, 0) is 6.92 Å². The fraction of sp³-hybridized carbons (Fsp3) is 0.545. The van der Waals surface area contributed by atoms with Gasteiger partial charge in [0.05, 0.1) is 18.8 Å². The Hall–Kier alpha value is -2.08. The van der Waals surface area contributed by atoms with Crippen LogP contribution in [0.3, 0.4) is 0 Å². The third kappa shape index (κ3) is 3.98. The molecule has 0 unspecified atom stereocenters. The first-order valence-electron chi connectivity index (χ1n) is 6.13. The summed E-state index contributed by atoms with van der Waals surface area (Å²) in [7, 11) is 0. The molecule has 1 fully saturated rings. The molecule has 6 N–H and O–H groups in total. The van der Waals surface area contributed by atoms with Crippen LogP contribution in [-0.4, -0.2) is 55.7 Å². The number of nitrogens with zero attached hydrogens (tertiary/aromatic N) is 1. The fourth-order valence-electron chi connectivity index (χ4n) is 1.71. The summed E-state index contributed by atoms with van der Waals surface area (Å²) in [4.78, 5) is 33.2. The molecule has 2 rings (SSSR count). The van der Waals surface area contributed by atoms with Gasteiger partial charge in [0.25, 0.3) is 5.56 Å². The van der Waals surface area contributed by atoms with Gasteiger partial charge < -0.3 is 25.8 Å². The molecule has 0 radical (unpaired) electrons. The van der Waals surface area contributed by atoms with Crippen LogP contribution < -0.4 is 17.0 Å². The molecule has 1 saturated heterocycles. The predicted molar refractivity (Wildman–Crippen MR) is 69.6 cm³/mol. The second-order valence-electron chi connectivity index (χ2n) is 4.45. The van der Waals surface area contributed by atoms with Crippen molar-refractivity contribution in [2.75, 3.05) is 6.54 Å². The van der Waals surface area contributed by atoms with Crippen LogP contribution in [0, 0.1) is 5.82 Å². The number of aromatic nitrogens is 2. The van der Waals surface area contributed by atoms with Gasteiger partial charge >= 0.3 is 11.7 Å². The van der Waals surface area contributed by atoms with Crippen LogP contribution in [0.15, 0.2) is 15.8 Å². The lowest BCUT2D eigenvalue weighted by Crippen LogP contribution is -2.38. The van der Waals surface area contributed by atoms with Crippen molar-refractivity contribution in [1.29, 1.82) is 0 Å². The third-order valence-electron chi connectivity index (χ3n) is 2.85. The number of carboxylic acid groups (broad SMARTS) is 1. The number of aromatic amines is 1. The van der Waals surface area contributed by atoms with Gasteiger partial charge in [-0.3, -0.25) is 19.1 Å². The van der Waals surface area contributed by atoms with E-state index in [4.69, 9.17) is 9.84 Å². The highest BCUT2D eigenvalue weighted by atomic mass is 19.1. The molecule has 1 aliphatic rings. The van der Waals surface area contributed by atoms with E-state index < -0.39 is 47.6 Å². The summed E-state index contributed by atoms with van der Waals surface area (Å²) in [5, 5.41) is 26.7. The Morgan fingerprint density at radius 1 is 1.45 bits per heavy atom. The van der Waals surface area contributed by atoms with E-state index in [1.54, 1.807) is 4.98 Å². The summed E-state index contributed by atoms with van der Waals surface area (Å²) >= 11 is 0. The number of H-pyrrole nitrogens is 1. The first-order chi connectivity index (χ1) is 10.2. The zero-order valence-corrected chi connectivity index (χ0v) is 11.5. The second kappa shape index (κ2) is 7.26. The topological polar surface area (TPSA) is 168 Å². The number of hydrogen-bond donors (Lipinski definition) is 5. The summed E-state index contributed by atoms with van der Waals surface area (Å²) in [5.41, 5.74) is 2.51. The number of hydrogen-bond acceptors (Lipinski definition) is 7. The highest BCUT2D eigenvalue weighted by Gasteiger charge is 2.41. The minimum absolute atomic E-state index is 0.278. The molecular weight excluding hydrogens is 305 g/mol. The number of aliphatic hydroxyl groups excluding tert-OH is 2.